The van der Waals surface area contributed by atoms with Crippen LogP contribution in [0.25, 0.3) is 0 Å². The van der Waals surface area contributed by atoms with Gasteiger partial charge in [-0.1, -0.05) is 17.7 Å². The molecule has 132 valence electrons. The number of benzene rings is 2. The number of aryl methyl sites for hydroxylation is 2. The maximum atomic E-state index is 12.4. The first-order valence-corrected chi connectivity index (χ1v) is 8.53. The van der Waals surface area contributed by atoms with Crippen LogP contribution in [0.1, 0.15) is 28.4 Å². The van der Waals surface area contributed by atoms with Gasteiger partial charge < -0.3 is 14.8 Å². The molecule has 1 N–H and O–H groups in total. The Morgan fingerprint density at radius 1 is 1.08 bits per heavy atom. The van der Waals surface area contributed by atoms with Gasteiger partial charge in [-0.25, -0.2) is 4.79 Å². The summed E-state index contributed by atoms with van der Waals surface area (Å²) in [5, 5.41) is 2.74. The number of hydrogen-bond acceptors (Lipinski definition) is 4. The maximum Gasteiger partial charge on any atom is 0.342 e. The Labute approximate surface area is 155 Å². The molecule has 2 rings (SSSR count). The van der Waals surface area contributed by atoms with Gasteiger partial charge in [-0.2, -0.15) is 0 Å². The number of esters is 1. The lowest BCUT2D eigenvalue weighted by Crippen LogP contribution is -2.30. The molecule has 1 amide bonds. The average molecular weight is 406 g/mol. The molecule has 6 heteroatoms. The third kappa shape index (κ3) is 4.82. The second kappa shape index (κ2) is 8.16. The number of nitrogens with one attached hydrogen (secondary N) is 1. The van der Waals surface area contributed by atoms with Gasteiger partial charge in [-0.05, 0) is 66.5 Å². The lowest BCUT2D eigenvalue weighted by atomic mass is 10.1. The van der Waals surface area contributed by atoms with Crippen molar-refractivity contribution in [2.45, 2.75) is 26.9 Å². The van der Waals surface area contributed by atoms with Gasteiger partial charge in [0.05, 0.1) is 12.8 Å². The van der Waals surface area contributed by atoms with Crippen molar-refractivity contribution in [2.75, 3.05) is 12.4 Å². The summed E-state index contributed by atoms with van der Waals surface area (Å²) >= 11 is 3.40. The number of methoxy groups -OCH3 is 1. The summed E-state index contributed by atoms with van der Waals surface area (Å²) in [5.74, 6) is -0.611. The number of ether oxygens (including phenoxy) is 2. The lowest BCUT2D eigenvalue weighted by Gasteiger charge is -2.16. The highest BCUT2D eigenvalue weighted by Crippen LogP contribution is 2.24. The van der Waals surface area contributed by atoms with E-state index in [1.54, 1.807) is 18.2 Å². The van der Waals surface area contributed by atoms with E-state index in [0.717, 1.165) is 15.6 Å². The molecule has 0 fully saturated rings. The molecule has 0 bridgehead atoms. The van der Waals surface area contributed by atoms with Crippen molar-refractivity contribution >= 4 is 33.5 Å². The molecular formula is C19H20BrNO4. The Kier molecular flexibility index (Phi) is 6.20. The third-order valence-electron chi connectivity index (χ3n) is 3.61. The number of carbonyl (C=O) groups is 2. The number of halogens is 1. The molecule has 5 nitrogen and oxygen atoms in total. The third-order valence-corrected chi connectivity index (χ3v) is 4.27. The highest BCUT2D eigenvalue weighted by molar-refractivity contribution is 9.10. The lowest BCUT2D eigenvalue weighted by molar-refractivity contribution is -0.123. The normalized spacial score (nSPS) is 11.6. The molecule has 0 saturated heterocycles. The first-order chi connectivity index (χ1) is 11.8. The molecule has 0 aliphatic heterocycles. The van der Waals surface area contributed by atoms with E-state index in [2.05, 4.69) is 21.2 Å². The average Bonchev–Trinajstić information content (AvgIpc) is 2.57. The Morgan fingerprint density at radius 3 is 2.36 bits per heavy atom. The van der Waals surface area contributed by atoms with E-state index in [0.29, 0.717) is 17.0 Å². The number of anilines is 1. The van der Waals surface area contributed by atoms with Gasteiger partial charge in [-0.15, -0.1) is 0 Å². The Balaban J connectivity index is 2.08. The van der Waals surface area contributed by atoms with Crippen LogP contribution in [-0.4, -0.2) is 25.1 Å². The SMILES string of the molecule is COc1ccc(C)cc1C(=O)O[C@H](C)C(=O)Nc1ccc(C)cc1Br. The van der Waals surface area contributed by atoms with Crippen LogP contribution in [0, 0.1) is 13.8 Å². The zero-order valence-corrected chi connectivity index (χ0v) is 16.1. The predicted octanol–water partition coefficient (Wildman–Crippen LogP) is 4.26. The van der Waals surface area contributed by atoms with E-state index in [-0.39, 0.29) is 0 Å². The Hall–Kier alpha value is -2.34. The topological polar surface area (TPSA) is 64.6 Å². The number of hydrogen-bond donors (Lipinski definition) is 1. The van der Waals surface area contributed by atoms with E-state index in [1.807, 2.05) is 32.0 Å². The summed E-state index contributed by atoms with van der Waals surface area (Å²) in [7, 11) is 1.48. The van der Waals surface area contributed by atoms with Crippen LogP contribution in [0.15, 0.2) is 40.9 Å². The molecular weight excluding hydrogens is 386 g/mol. The van der Waals surface area contributed by atoms with E-state index in [4.69, 9.17) is 9.47 Å². The molecule has 0 heterocycles. The molecule has 0 radical (unpaired) electrons. The summed E-state index contributed by atoms with van der Waals surface area (Å²) < 4.78 is 11.2. The van der Waals surface area contributed by atoms with Gasteiger partial charge in [0, 0.05) is 4.47 Å². The largest absolute Gasteiger partial charge is 0.496 e. The summed E-state index contributed by atoms with van der Waals surface area (Å²) in [6.45, 7) is 5.34. The standard InChI is InChI=1S/C19H20BrNO4/c1-11-6-8-17(24-4)14(9-11)19(23)25-13(3)18(22)21-16-7-5-12(2)10-15(16)20/h5-10,13H,1-4H3,(H,21,22)/t13-/m1/s1. The van der Waals surface area contributed by atoms with Crippen LogP contribution in [0.3, 0.4) is 0 Å². The van der Waals surface area contributed by atoms with Gasteiger partial charge in [0.1, 0.15) is 11.3 Å². The van der Waals surface area contributed by atoms with Crippen LogP contribution >= 0.6 is 15.9 Å². The molecule has 2 aromatic rings. The van der Waals surface area contributed by atoms with Crippen LogP contribution < -0.4 is 10.1 Å². The minimum absolute atomic E-state index is 0.290. The van der Waals surface area contributed by atoms with Crippen LogP contribution in [0.2, 0.25) is 0 Å². The molecule has 0 aliphatic rings. The van der Waals surface area contributed by atoms with Crippen molar-refractivity contribution in [2.24, 2.45) is 0 Å². The van der Waals surface area contributed by atoms with Crippen LogP contribution in [-0.2, 0) is 9.53 Å². The van der Waals surface area contributed by atoms with Crippen LogP contribution in [0.4, 0.5) is 5.69 Å². The van der Waals surface area contributed by atoms with Crippen LogP contribution in [0.5, 0.6) is 5.75 Å². The maximum absolute atomic E-state index is 12.4. The van der Waals surface area contributed by atoms with Gasteiger partial charge in [0.25, 0.3) is 5.91 Å². The van der Waals surface area contributed by atoms with E-state index < -0.39 is 18.0 Å². The quantitative estimate of drug-likeness (QED) is 0.754. The fraction of sp³-hybridized carbons (Fsp3) is 0.263. The number of amides is 1. The van der Waals surface area contributed by atoms with E-state index in [1.165, 1.54) is 14.0 Å². The zero-order chi connectivity index (χ0) is 18.6. The van der Waals surface area contributed by atoms with E-state index in [9.17, 15) is 9.59 Å². The highest BCUT2D eigenvalue weighted by Gasteiger charge is 2.22. The second-order valence-electron chi connectivity index (χ2n) is 5.72. The summed E-state index contributed by atoms with van der Waals surface area (Å²) in [6.07, 6.45) is -0.953. The molecule has 2 aromatic carbocycles. The monoisotopic (exact) mass is 405 g/mol. The molecule has 25 heavy (non-hydrogen) atoms. The molecule has 0 aliphatic carbocycles. The summed E-state index contributed by atoms with van der Waals surface area (Å²) in [6, 6.07) is 10.8. The van der Waals surface area contributed by atoms with Crippen molar-refractivity contribution in [3.63, 3.8) is 0 Å². The van der Waals surface area contributed by atoms with Crippen molar-refractivity contribution in [3.05, 3.63) is 57.6 Å². The van der Waals surface area contributed by atoms with Crippen molar-refractivity contribution < 1.29 is 19.1 Å². The first kappa shape index (κ1) is 19.0. The zero-order valence-electron chi connectivity index (χ0n) is 14.6. The van der Waals surface area contributed by atoms with E-state index >= 15 is 0 Å². The summed E-state index contributed by atoms with van der Waals surface area (Å²) in [5.41, 5.74) is 2.87. The van der Waals surface area contributed by atoms with Gasteiger partial charge >= 0.3 is 5.97 Å². The summed E-state index contributed by atoms with van der Waals surface area (Å²) in [4.78, 5) is 24.7. The molecule has 1 atom stereocenters. The van der Waals surface area contributed by atoms with Gasteiger partial charge in [0.2, 0.25) is 0 Å². The van der Waals surface area contributed by atoms with Crippen molar-refractivity contribution in [3.8, 4) is 5.75 Å². The van der Waals surface area contributed by atoms with Crippen molar-refractivity contribution in [1.29, 1.82) is 0 Å². The molecule has 0 saturated carbocycles. The minimum Gasteiger partial charge on any atom is -0.496 e. The smallest absolute Gasteiger partial charge is 0.342 e. The number of carbonyl (C=O) groups excluding carboxylic acids is 2. The fourth-order valence-electron chi connectivity index (χ4n) is 2.21. The fourth-order valence-corrected chi connectivity index (χ4v) is 2.81. The molecule has 0 aromatic heterocycles. The Morgan fingerprint density at radius 2 is 1.72 bits per heavy atom. The van der Waals surface area contributed by atoms with Gasteiger partial charge in [-0.3, -0.25) is 4.79 Å². The van der Waals surface area contributed by atoms with Crippen molar-refractivity contribution in [1.82, 2.24) is 0 Å². The Bertz CT molecular complexity index is 804. The second-order valence-corrected chi connectivity index (χ2v) is 6.58. The van der Waals surface area contributed by atoms with Gasteiger partial charge in [0.15, 0.2) is 6.10 Å². The number of rotatable bonds is 5. The highest BCUT2D eigenvalue weighted by atomic mass is 79.9. The molecule has 0 unspecified atom stereocenters. The predicted molar refractivity (Wildman–Crippen MR) is 100 cm³/mol. The molecule has 0 spiro atoms. The first-order valence-electron chi connectivity index (χ1n) is 7.74. The minimum atomic E-state index is -0.953.